The topological polar surface area (TPSA) is 74.2 Å². The van der Waals surface area contributed by atoms with E-state index in [0.717, 1.165) is 109 Å². The highest BCUT2D eigenvalue weighted by Crippen LogP contribution is 2.52. The van der Waals surface area contributed by atoms with E-state index in [4.69, 9.17) is 24.1 Å². The van der Waals surface area contributed by atoms with E-state index >= 15 is 0 Å². The molecule has 4 rings (SSSR count). The Morgan fingerprint density at radius 1 is 1.02 bits per heavy atom. The molecule has 232 valence electrons. The van der Waals surface area contributed by atoms with E-state index in [1.54, 1.807) is 0 Å². The number of carboxylic acids is 1. The molecule has 0 bridgehead atoms. The summed E-state index contributed by atoms with van der Waals surface area (Å²) >= 11 is 0. The molecule has 6 heteroatoms. The largest absolute Gasteiger partial charge is 0.481 e. The second-order valence-electron chi connectivity index (χ2n) is 13.3. The van der Waals surface area contributed by atoms with Gasteiger partial charge in [-0.05, 0) is 128 Å². The van der Waals surface area contributed by atoms with Gasteiger partial charge in [0.2, 0.25) is 0 Å². The molecule has 4 aliphatic rings. The van der Waals surface area contributed by atoms with Crippen LogP contribution in [0.1, 0.15) is 124 Å². The van der Waals surface area contributed by atoms with E-state index in [0.29, 0.717) is 17.8 Å². The Morgan fingerprint density at radius 2 is 1.73 bits per heavy atom. The van der Waals surface area contributed by atoms with Crippen LogP contribution in [0.3, 0.4) is 0 Å². The number of unbranched alkanes of at least 4 members (excludes halogenated alkanes) is 1. The SMILES string of the molecule is CC(C)=CCC[C@@H](C)CCC=C(OC1CCCCO1)[C@@H]1[C@@H]2CC(CCCCC(=O)O)=C[C@@H]2C[C@H]1OC1CCCCO1. The third-order valence-electron chi connectivity index (χ3n) is 9.42. The molecule has 7 atom stereocenters. The van der Waals surface area contributed by atoms with Crippen molar-refractivity contribution in [1.82, 2.24) is 0 Å². The molecule has 0 aromatic carbocycles. The predicted octanol–water partition coefficient (Wildman–Crippen LogP) is 8.72. The van der Waals surface area contributed by atoms with Gasteiger partial charge < -0.3 is 24.1 Å². The third kappa shape index (κ3) is 10.5. The number of allylic oxidation sites excluding steroid dienone is 5. The molecule has 3 fully saturated rings. The lowest BCUT2D eigenvalue weighted by molar-refractivity contribution is -0.200. The summed E-state index contributed by atoms with van der Waals surface area (Å²) in [6, 6.07) is 0. The Balaban J connectivity index is 1.47. The van der Waals surface area contributed by atoms with Crippen molar-refractivity contribution in [3.8, 4) is 0 Å². The van der Waals surface area contributed by atoms with Crippen LogP contribution in [-0.4, -0.2) is 43.0 Å². The Labute approximate surface area is 248 Å². The van der Waals surface area contributed by atoms with Gasteiger partial charge in [-0.1, -0.05) is 30.2 Å². The molecule has 1 N–H and O–H groups in total. The van der Waals surface area contributed by atoms with Crippen LogP contribution in [0.25, 0.3) is 0 Å². The van der Waals surface area contributed by atoms with Crippen LogP contribution in [-0.2, 0) is 23.7 Å². The molecule has 2 aliphatic carbocycles. The van der Waals surface area contributed by atoms with Crippen LogP contribution in [0.15, 0.2) is 35.1 Å². The molecule has 41 heavy (non-hydrogen) atoms. The molecule has 0 aromatic heterocycles. The fraction of sp³-hybridized carbons (Fsp3) is 0.800. The minimum Gasteiger partial charge on any atom is -0.481 e. The van der Waals surface area contributed by atoms with Gasteiger partial charge in [-0.2, -0.15) is 0 Å². The first kappa shape index (κ1) is 32.3. The number of hydrogen-bond donors (Lipinski definition) is 1. The highest BCUT2D eigenvalue weighted by Gasteiger charge is 2.49. The lowest BCUT2D eigenvalue weighted by Crippen LogP contribution is -2.34. The van der Waals surface area contributed by atoms with Gasteiger partial charge in [0.25, 0.3) is 0 Å². The van der Waals surface area contributed by atoms with Crippen LogP contribution < -0.4 is 0 Å². The van der Waals surface area contributed by atoms with Crippen molar-refractivity contribution in [2.45, 2.75) is 142 Å². The summed E-state index contributed by atoms with van der Waals surface area (Å²) in [6.07, 6.45) is 23.0. The smallest absolute Gasteiger partial charge is 0.303 e. The van der Waals surface area contributed by atoms with Gasteiger partial charge in [0.1, 0.15) is 5.76 Å². The molecule has 0 spiro atoms. The molecular formula is C35H56O6. The van der Waals surface area contributed by atoms with Crippen molar-refractivity contribution in [2.75, 3.05) is 13.2 Å². The number of ether oxygens (including phenoxy) is 4. The normalized spacial score (nSPS) is 30.9. The number of aliphatic carboxylic acids is 1. The third-order valence-corrected chi connectivity index (χ3v) is 9.42. The highest BCUT2D eigenvalue weighted by molar-refractivity contribution is 5.66. The van der Waals surface area contributed by atoms with E-state index in [2.05, 4.69) is 39.0 Å². The molecular weight excluding hydrogens is 516 g/mol. The van der Waals surface area contributed by atoms with Crippen LogP contribution in [0.2, 0.25) is 0 Å². The van der Waals surface area contributed by atoms with Gasteiger partial charge in [-0.15, -0.1) is 0 Å². The summed E-state index contributed by atoms with van der Waals surface area (Å²) < 4.78 is 25.6. The molecule has 0 amide bonds. The first-order valence-electron chi connectivity index (χ1n) is 16.7. The average Bonchev–Trinajstić information content (AvgIpc) is 3.48. The second kappa shape index (κ2) is 16.9. The zero-order valence-corrected chi connectivity index (χ0v) is 26.0. The fourth-order valence-corrected chi connectivity index (χ4v) is 7.17. The van der Waals surface area contributed by atoms with E-state index in [1.807, 2.05) is 0 Å². The summed E-state index contributed by atoms with van der Waals surface area (Å²) in [4.78, 5) is 11.0. The van der Waals surface area contributed by atoms with Crippen molar-refractivity contribution in [1.29, 1.82) is 0 Å². The van der Waals surface area contributed by atoms with Crippen LogP contribution >= 0.6 is 0 Å². The van der Waals surface area contributed by atoms with Crippen molar-refractivity contribution < 1.29 is 28.8 Å². The Hall–Kier alpha value is -1.63. The van der Waals surface area contributed by atoms with Gasteiger partial charge in [-0.25, -0.2) is 0 Å². The lowest BCUT2D eigenvalue weighted by atomic mass is 9.86. The molecule has 0 radical (unpaired) electrons. The van der Waals surface area contributed by atoms with Crippen LogP contribution in [0.5, 0.6) is 0 Å². The minimum atomic E-state index is -0.699. The summed E-state index contributed by atoms with van der Waals surface area (Å²) in [5, 5.41) is 9.03. The quantitative estimate of drug-likeness (QED) is 0.113. The number of fused-ring (bicyclic) bond motifs is 1. The first-order valence-corrected chi connectivity index (χ1v) is 16.7. The molecule has 2 aliphatic heterocycles. The molecule has 0 aromatic rings. The van der Waals surface area contributed by atoms with Gasteiger partial charge in [0.05, 0.1) is 12.7 Å². The van der Waals surface area contributed by atoms with Gasteiger partial charge >= 0.3 is 5.97 Å². The van der Waals surface area contributed by atoms with Crippen LogP contribution in [0, 0.1) is 23.7 Å². The number of carbonyl (C=O) groups is 1. The lowest BCUT2D eigenvalue weighted by Gasteiger charge is -2.34. The molecule has 2 saturated heterocycles. The Morgan fingerprint density at radius 3 is 2.39 bits per heavy atom. The Kier molecular flexibility index (Phi) is 13.3. The van der Waals surface area contributed by atoms with Crippen molar-refractivity contribution in [3.05, 3.63) is 35.1 Å². The van der Waals surface area contributed by atoms with Gasteiger partial charge in [0.15, 0.2) is 12.6 Å². The van der Waals surface area contributed by atoms with E-state index in [-0.39, 0.29) is 31.0 Å². The fourth-order valence-electron chi connectivity index (χ4n) is 7.17. The number of rotatable bonds is 16. The maximum Gasteiger partial charge on any atom is 0.303 e. The average molecular weight is 573 g/mol. The Bertz CT molecular complexity index is 890. The second-order valence-corrected chi connectivity index (χ2v) is 13.3. The van der Waals surface area contributed by atoms with E-state index in [1.165, 1.54) is 17.6 Å². The van der Waals surface area contributed by atoms with Crippen molar-refractivity contribution in [3.63, 3.8) is 0 Å². The van der Waals surface area contributed by atoms with Crippen molar-refractivity contribution >= 4 is 5.97 Å². The summed E-state index contributed by atoms with van der Waals surface area (Å²) in [5.41, 5.74) is 2.89. The predicted molar refractivity (Wildman–Crippen MR) is 162 cm³/mol. The maximum absolute atomic E-state index is 11.0. The molecule has 2 heterocycles. The minimum absolute atomic E-state index is 0.0860. The van der Waals surface area contributed by atoms with Gasteiger partial charge in [-0.3, -0.25) is 4.79 Å². The number of hydrogen-bond acceptors (Lipinski definition) is 5. The van der Waals surface area contributed by atoms with E-state index < -0.39 is 5.97 Å². The van der Waals surface area contributed by atoms with E-state index in [9.17, 15) is 4.79 Å². The highest BCUT2D eigenvalue weighted by atomic mass is 16.7. The first-order chi connectivity index (χ1) is 19.9. The maximum atomic E-state index is 11.0. The van der Waals surface area contributed by atoms with Crippen molar-refractivity contribution in [2.24, 2.45) is 23.7 Å². The standard InChI is InChI=1S/C35H56O6/c1-25(2)12-10-13-26(3)14-11-16-30(40-33-18-6-8-20-38-33)35-29-23-27(15-4-5-17-32(36)37)22-28(29)24-31(35)41-34-19-7-9-21-39-34/h12,16,22,26,28-29,31,33-35H,4-11,13-15,17-21,23-24H2,1-3H3,(H,36,37)/t26-,28-,29-,31-,33?,34?,35+/m1/s1. The molecule has 6 nitrogen and oxygen atoms in total. The van der Waals surface area contributed by atoms with Crippen LogP contribution in [0.4, 0.5) is 0 Å². The van der Waals surface area contributed by atoms with Gasteiger partial charge in [0, 0.05) is 25.4 Å². The number of carboxylic acid groups (broad SMARTS) is 1. The summed E-state index contributed by atoms with van der Waals surface area (Å²) in [5.74, 6) is 2.19. The zero-order valence-electron chi connectivity index (χ0n) is 26.0. The summed E-state index contributed by atoms with van der Waals surface area (Å²) in [6.45, 7) is 8.28. The summed E-state index contributed by atoms with van der Waals surface area (Å²) in [7, 11) is 0. The molecule has 2 unspecified atom stereocenters. The monoisotopic (exact) mass is 572 g/mol. The zero-order chi connectivity index (χ0) is 29.0. The molecule has 1 saturated carbocycles.